The minimum Gasteiger partial charge on any atom is -0.437 e. The highest BCUT2D eigenvalue weighted by Gasteiger charge is 2.42. The molecule has 1 aromatic heterocycles. The van der Waals surface area contributed by atoms with E-state index in [1.165, 1.54) is 21.1 Å². The average Bonchev–Trinajstić information content (AvgIpc) is 3.30. The Morgan fingerprint density at radius 2 is 2.32 bits per heavy atom. The number of ether oxygens (including phenoxy) is 2. The molecule has 2 amide bonds. The molecule has 0 aromatic carbocycles. The minimum atomic E-state index is -0.698. The van der Waals surface area contributed by atoms with Crippen LogP contribution in [0.3, 0.4) is 0 Å². The van der Waals surface area contributed by atoms with Crippen molar-refractivity contribution in [2.75, 3.05) is 30.9 Å². The second kappa shape index (κ2) is 8.33. The Bertz CT molecular complexity index is 620. The van der Waals surface area contributed by atoms with E-state index in [0.717, 1.165) is 29.4 Å². The van der Waals surface area contributed by atoms with E-state index in [2.05, 4.69) is 17.1 Å². The molecule has 0 spiro atoms. The molecular formula is C15H22N4O4S2. The number of likely N-dealkylation sites (N-methyl/N-ethyl adjacent to an activating group) is 1. The third-order valence-corrected chi connectivity index (χ3v) is 6.16. The Morgan fingerprint density at radius 1 is 1.48 bits per heavy atom. The average molecular weight is 386 g/mol. The van der Waals surface area contributed by atoms with Gasteiger partial charge in [-0.3, -0.25) is 0 Å². The van der Waals surface area contributed by atoms with Crippen LogP contribution in [-0.2, 0) is 14.3 Å². The zero-order valence-corrected chi connectivity index (χ0v) is 16.0. The normalized spacial score (nSPS) is 23.5. The summed E-state index contributed by atoms with van der Waals surface area (Å²) in [5, 5.41) is 8.71. The lowest BCUT2D eigenvalue weighted by Crippen LogP contribution is -2.39. The van der Waals surface area contributed by atoms with Gasteiger partial charge in [-0.25, -0.2) is 14.5 Å². The number of rotatable bonds is 7. The first kappa shape index (κ1) is 18.4. The molecule has 2 aliphatic heterocycles. The molecule has 2 fully saturated rings. The maximum absolute atomic E-state index is 12.4. The fraction of sp³-hybridized carbons (Fsp3) is 0.733. The molecule has 0 bridgehead atoms. The van der Waals surface area contributed by atoms with Gasteiger partial charge in [0.2, 0.25) is 11.4 Å². The second-order valence-electron chi connectivity index (χ2n) is 5.98. The maximum Gasteiger partial charge on any atom is 0.337 e. The number of unbranched alkanes of at least 4 members (excludes halogenated alkanes) is 1. The molecule has 8 nitrogen and oxygen atoms in total. The Labute approximate surface area is 154 Å². The molecule has 2 saturated heterocycles. The van der Waals surface area contributed by atoms with Crippen molar-refractivity contribution in [3.8, 4) is 0 Å². The highest BCUT2D eigenvalue weighted by atomic mass is 32.2. The summed E-state index contributed by atoms with van der Waals surface area (Å²) in [5.74, 6) is 0.550. The Kier molecular flexibility index (Phi) is 6.13. The Balaban J connectivity index is 1.68. The van der Waals surface area contributed by atoms with Gasteiger partial charge >= 0.3 is 12.0 Å². The van der Waals surface area contributed by atoms with Crippen LogP contribution in [0.15, 0.2) is 4.34 Å². The molecule has 25 heavy (non-hydrogen) atoms. The molecule has 0 aliphatic carbocycles. The lowest BCUT2D eigenvalue weighted by molar-refractivity contribution is -0.158. The van der Waals surface area contributed by atoms with Gasteiger partial charge in [0.15, 0.2) is 10.4 Å². The lowest BCUT2D eigenvalue weighted by Gasteiger charge is -2.21. The van der Waals surface area contributed by atoms with Crippen molar-refractivity contribution in [3.05, 3.63) is 0 Å². The third kappa shape index (κ3) is 4.24. The molecular weight excluding hydrogens is 364 g/mol. The number of carbonyl (C=O) groups is 2. The molecule has 0 radical (unpaired) electrons. The van der Waals surface area contributed by atoms with Crippen molar-refractivity contribution >= 4 is 40.2 Å². The molecule has 3 rings (SSSR count). The summed E-state index contributed by atoms with van der Waals surface area (Å²) >= 11 is 2.97. The van der Waals surface area contributed by atoms with Crippen molar-refractivity contribution in [3.63, 3.8) is 0 Å². The fourth-order valence-electron chi connectivity index (χ4n) is 2.63. The summed E-state index contributed by atoms with van der Waals surface area (Å²) in [4.78, 5) is 27.6. The summed E-state index contributed by atoms with van der Waals surface area (Å²) in [6.45, 7) is 3.01. The van der Waals surface area contributed by atoms with Crippen LogP contribution in [0.1, 0.15) is 32.6 Å². The van der Waals surface area contributed by atoms with Crippen molar-refractivity contribution in [2.24, 2.45) is 0 Å². The highest BCUT2D eigenvalue weighted by Crippen LogP contribution is 2.32. The van der Waals surface area contributed by atoms with Crippen LogP contribution >= 0.6 is 23.1 Å². The lowest BCUT2D eigenvalue weighted by atomic mass is 10.2. The topological polar surface area (TPSA) is 84.9 Å². The number of hydrogen-bond acceptors (Lipinski definition) is 8. The molecule has 138 valence electrons. The van der Waals surface area contributed by atoms with Gasteiger partial charge in [-0.1, -0.05) is 36.4 Å². The van der Waals surface area contributed by atoms with E-state index < -0.39 is 18.3 Å². The number of hydrogen-bond donors (Lipinski definition) is 0. The van der Waals surface area contributed by atoms with Crippen molar-refractivity contribution in [1.29, 1.82) is 0 Å². The summed E-state index contributed by atoms with van der Waals surface area (Å²) in [6.07, 6.45) is 2.50. The molecule has 0 saturated carbocycles. The Hall–Kier alpha value is -1.39. The SMILES string of the molecule is CCCCSc1nnc(N2C(=O)N(C)CC2OC(=O)C2CCCO2)s1. The van der Waals surface area contributed by atoms with Crippen molar-refractivity contribution in [2.45, 2.75) is 49.3 Å². The van der Waals surface area contributed by atoms with Crippen LogP contribution in [0, 0.1) is 0 Å². The van der Waals surface area contributed by atoms with E-state index in [-0.39, 0.29) is 6.03 Å². The summed E-state index contributed by atoms with van der Waals surface area (Å²) < 4.78 is 11.7. The standard InChI is InChI=1S/C15H22N4O4S2/c1-3-4-8-24-14-17-16-13(25-14)19-11(9-18(2)15(19)21)23-12(20)10-6-5-7-22-10/h10-11H,3-9H2,1-2H3. The van der Waals surface area contributed by atoms with Crippen LogP contribution in [0.25, 0.3) is 0 Å². The van der Waals surface area contributed by atoms with E-state index in [1.54, 1.807) is 18.8 Å². The smallest absolute Gasteiger partial charge is 0.337 e. The summed E-state index contributed by atoms with van der Waals surface area (Å²) in [5.41, 5.74) is 0. The largest absolute Gasteiger partial charge is 0.437 e. The number of nitrogens with zero attached hydrogens (tertiary/aromatic N) is 4. The molecule has 2 unspecified atom stereocenters. The maximum atomic E-state index is 12.4. The number of urea groups is 1. The van der Waals surface area contributed by atoms with Crippen molar-refractivity contribution < 1.29 is 19.1 Å². The second-order valence-corrected chi connectivity index (χ2v) is 8.28. The van der Waals surface area contributed by atoms with Gasteiger partial charge in [-0.15, -0.1) is 10.2 Å². The van der Waals surface area contributed by atoms with Gasteiger partial charge in [0.1, 0.15) is 0 Å². The van der Waals surface area contributed by atoms with Crippen LogP contribution < -0.4 is 4.90 Å². The van der Waals surface area contributed by atoms with Gasteiger partial charge in [-0.2, -0.15) is 0 Å². The third-order valence-electron chi connectivity index (χ3n) is 4.02. The van der Waals surface area contributed by atoms with Gasteiger partial charge < -0.3 is 14.4 Å². The number of carbonyl (C=O) groups excluding carboxylic acids is 2. The molecule has 0 N–H and O–H groups in total. The quantitative estimate of drug-likeness (QED) is 0.308. The number of thioether (sulfide) groups is 1. The zero-order valence-electron chi connectivity index (χ0n) is 14.3. The Morgan fingerprint density at radius 3 is 3.04 bits per heavy atom. The first-order valence-electron chi connectivity index (χ1n) is 8.43. The fourth-order valence-corrected chi connectivity index (χ4v) is 4.66. The summed E-state index contributed by atoms with van der Waals surface area (Å²) in [7, 11) is 1.67. The van der Waals surface area contributed by atoms with Crippen LogP contribution in [0.2, 0.25) is 0 Å². The first-order chi connectivity index (χ1) is 12.1. The van der Waals surface area contributed by atoms with Crippen LogP contribution in [0.4, 0.5) is 9.93 Å². The summed E-state index contributed by atoms with van der Waals surface area (Å²) in [6, 6.07) is -0.244. The van der Waals surface area contributed by atoms with Crippen molar-refractivity contribution in [1.82, 2.24) is 15.1 Å². The molecule has 2 aliphatic rings. The van der Waals surface area contributed by atoms with E-state index in [9.17, 15) is 9.59 Å². The van der Waals surface area contributed by atoms with E-state index in [1.807, 2.05) is 0 Å². The number of aromatic nitrogens is 2. The molecule has 1 aromatic rings. The number of esters is 1. The van der Waals surface area contributed by atoms with Gasteiger partial charge in [0.25, 0.3) is 0 Å². The monoisotopic (exact) mass is 386 g/mol. The predicted molar refractivity (Wildman–Crippen MR) is 94.9 cm³/mol. The predicted octanol–water partition coefficient (Wildman–Crippen LogP) is 2.35. The zero-order chi connectivity index (χ0) is 17.8. The van der Waals surface area contributed by atoms with Crippen LogP contribution in [0.5, 0.6) is 0 Å². The van der Waals surface area contributed by atoms with Gasteiger partial charge in [0.05, 0.1) is 6.54 Å². The number of anilines is 1. The van der Waals surface area contributed by atoms with E-state index in [4.69, 9.17) is 9.47 Å². The molecule has 2 atom stereocenters. The minimum absolute atomic E-state index is 0.244. The van der Waals surface area contributed by atoms with Gasteiger partial charge in [-0.05, 0) is 19.3 Å². The van der Waals surface area contributed by atoms with Crippen LogP contribution in [-0.4, -0.2) is 65.4 Å². The molecule has 10 heteroatoms. The highest BCUT2D eigenvalue weighted by molar-refractivity contribution is 8.01. The number of amides is 2. The van der Waals surface area contributed by atoms with Gasteiger partial charge in [0, 0.05) is 19.4 Å². The van der Waals surface area contributed by atoms with E-state index >= 15 is 0 Å². The first-order valence-corrected chi connectivity index (χ1v) is 10.2. The molecule has 3 heterocycles. The van der Waals surface area contributed by atoms with E-state index in [0.29, 0.717) is 24.7 Å².